The minimum absolute atomic E-state index is 0.307. The summed E-state index contributed by atoms with van der Waals surface area (Å²) in [5, 5.41) is 0. The second-order valence-electron chi connectivity index (χ2n) is 6.94. The number of benzene rings is 1. The van der Waals surface area contributed by atoms with Gasteiger partial charge in [-0.2, -0.15) is 0 Å². The number of ether oxygens (including phenoxy) is 3. The zero-order chi connectivity index (χ0) is 15.0. The highest BCUT2D eigenvalue weighted by molar-refractivity contribution is 5.44. The van der Waals surface area contributed by atoms with Crippen molar-refractivity contribution < 1.29 is 14.2 Å². The van der Waals surface area contributed by atoms with Crippen LogP contribution in [0.2, 0.25) is 0 Å². The molecule has 1 aromatic carbocycles. The van der Waals surface area contributed by atoms with Gasteiger partial charge < -0.3 is 19.1 Å². The van der Waals surface area contributed by atoms with Crippen LogP contribution in [0.4, 0.5) is 0 Å². The van der Waals surface area contributed by atoms with Crippen LogP contribution in [0.3, 0.4) is 0 Å². The van der Waals surface area contributed by atoms with Crippen LogP contribution in [0.25, 0.3) is 0 Å². The van der Waals surface area contributed by atoms with Crippen LogP contribution in [0.1, 0.15) is 12.0 Å². The topological polar surface area (TPSA) is 34.2 Å². The molecule has 3 aliphatic heterocycles. The molecule has 2 fully saturated rings. The lowest BCUT2D eigenvalue weighted by molar-refractivity contribution is 0.0730. The number of fused-ring (bicyclic) bond motifs is 1. The molecule has 5 heteroatoms. The van der Waals surface area contributed by atoms with Crippen molar-refractivity contribution in [2.45, 2.75) is 13.0 Å². The van der Waals surface area contributed by atoms with E-state index in [0.29, 0.717) is 12.2 Å². The number of hydrogen-bond acceptors (Lipinski definition) is 5. The fourth-order valence-corrected chi connectivity index (χ4v) is 3.92. The van der Waals surface area contributed by atoms with Gasteiger partial charge >= 0.3 is 0 Å². The van der Waals surface area contributed by atoms with E-state index in [1.165, 1.54) is 18.5 Å². The summed E-state index contributed by atoms with van der Waals surface area (Å²) >= 11 is 0. The molecule has 1 atom stereocenters. The minimum Gasteiger partial charge on any atom is -0.454 e. The van der Waals surface area contributed by atoms with E-state index in [9.17, 15) is 0 Å². The molecule has 0 radical (unpaired) electrons. The van der Waals surface area contributed by atoms with Crippen LogP contribution in [0.15, 0.2) is 18.2 Å². The molecule has 3 aliphatic rings. The predicted molar refractivity (Wildman–Crippen MR) is 83.2 cm³/mol. The maximum Gasteiger partial charge on any atom is 0.231 e. The summed E-state index contributed by atoms with van der Waals surface area (Å²) in [5.41, 5.74) is 1.59. The molecule has 4 rings (SSSR count). The molecule has 0 amide bonds. The van der Waals surface area contributed by atoms with E-state index >= 15 is 0 Å². The lowest BCUT2D eigenvalue weighted by Gasteiger charge is -2.31. The van der Waals surface area contributed by atoms with Crippen molar-refractivity contribution in [1.82, 2.24) is 9.80 Å². The molecule has 0 N–H and O–H groups in total. The molecule has 1 spiro atoms. The van der Waals surface area contributed by atoms with Crippen LogP contribution in [0.5, 0.6) is 11.5 Å². The largest absolute Gasteiger partial charge is 0.454 e. The van der Waals surface area contributed by atoms with E-state index < -0.39 is 0 Å². The lowest BCUT2D eigenvalue weighted by Crippen LogP contribution is -2.40. The summed E-state index contributed by atoms with van der Waals surface area (Å²) in [5.74, 6) is 1.73. The van der Waals surface area contributed by atoms with E-state index in [0.717, 1.165) is 50.9 Å². The Bertz CT molecular complexity index is 551. The Labute approximate surface area is 131 Å². The SMILES string of the molecule is CN1CC[C@]2(COCCN(Cc3ccc4c(c3)OCO4)C2)C1. The number of nitrogens with zero attached hydrogens (tertiary/aromatic N) is 2. The Morgan fingerprint density at radius 2 is 2.05 bits per heavy atom. The maximum absolute atomic E-state index is 5.91. The van der Waals surface area contributed by atoms with Crippen molar-refractivity contribution in [3.63, 3.8) is 0 Å². The van der Waals surface area contributed by atoms with E-state index in [1.807, 2.05) is 6.07 Å². The Kier molecular flexibility index (Phi) is 3.72. The lowest BCUT2D eigenvalue weighted by atomic mass is 9.87. The molecular weight excluding hydrogens is 280 g/mol. The third-order valence-electron chi connectivity index (χ3n) is 4.99. The molecule has 5 nitrogen and oxygen atoms in total. The summed E-state index contributed by atoms with van der Waals surface area (Å²) < 4.78 is 16.8. The molecule has 2 saturated heterocycles. The number of rotatable bonds is 2. The van der Waals surface area contributed by atoms with Crippen molar-refractivity contribution in [3.05, 3.63) is 23.8 Å². The van der Waals surface area contributed by atoms with Gasteiger partial charge in [-0.25, -0.2) is 0 Å². The average molecular weight is 304 g/mol. The van der Waals surface area contributed by atoms with E-state index in [4.69, 9.17) is 14.2 Å². The monoisotopic (exact) mass is 304 g/mol. The van der Waals surface area contributed by atoms with Crippen LogP contribution in [-0.4, -0.2) is 63.0 Å². The average Bonchev–Trinajstić information content (AvgIpc) is 3.04. The highest BCUT2D eigenvalue weighted by atomic mass is 16.7. The molecule has 120 valence electrons. The fourth-order valence-electron chi connectivity index (χ4n) is 3.92. The first-order valence-corrected chi connectivity index (χ1v) is 8.10. The zero-order valence-electron chi connectivity index (χ0n) is 13.2. The normalized spacial score (nSPS) is 29.1. The van der Waals surface area contributed by atoms with Crippen LogP contribution in [0, 0.1) is 5.41 Å². The van der Waals surface area contributed by atoms with Crippen molar-refractivity contribution >= 4 is 0 Å². The van der Waals surface area contributed by atoms with Crippen LogP contribution >= 0.6 is 0 Å². The quantitative estimate of drug-likeness (QED) is 0.828. The van der Waals surface area contributed by atoms with Crippen molar-refractivity contribution in [3.8, 4) is 11.5 Å². The second-order valence-corrected chi connectivity index (χ2v) is 6.94. The molecule has 0 bridgehead atoms. The molecule has 0 saturated carbocycles. The molecule has 0 aliphatic carbocycles. The van der Waals surface area contributed by atoms with Gasteiger partial charge in [0, 0.05) is 31.6 Å². The Morgan fingerprint density at radius 1 is 1.14 bits per heavy atom. The number of hydrogen-bond donors (Lipinski definition) is 0. The van der Waals surface area contributed by atoms with Crippen molar-refractivity contribution in [2.75, 3.05) is 53.2 Å². The maximum atomic E-state index is 5.91. The Balaban J connectivity index is 1.47. The van der Waals surface area contributed by atoms with Gasteiger partial charge in [-0.15, -0.1) is 0 Å². The summed E-state index contributed by atoms with van der Waals surface area (Å²) in [6, 6.07) is 6.28. The highest BCUT2D eigenvalue weighted by Gasteiger charge is 2.39. The van der Waals surface area contributed by atoms with Gasteiger partial charge in [-0.05, 0) is 37.7 Å². The first-order valence-electron chi connectivity index (χ1n) is 8.10. The van der Waals surface area contributed by atoms with Crippen molar-refractivity contribution in [1.29, 1.82) is 0 Å². The first-order chi connectivity index (χ1) is 10.7. The van der Waals surface area contributed by atoms with Gasteiger partial charge in [0.15, 0.2) is 11.5 Å². The predicted octanol–water partition coefficient (Wildman–Crippen LogP) is 1.57. The molecule has 3 heterocycles. The van der Waals surface area contributed by atoms with Crippen molar-refractivity contribution in [2.24, 2.45) is 5.41 Å². The van der Waals surface area contributed by atoms with E-state index in [-0.39, 0.29) is 0 Å². The summed E-state index contributed by atoms with van der Waals surface area (Å²) in [6.07, 6.45) is 1.24. The standard InChI is InChI=1S/C17H24N2O3/c1-18-5-4-17(10-18)11-19(6-7-20-12-17)9-14-2-3-15-16(8-14)22-13-21-15/h2-3,8H,4-7,9-13H2,1H3/t17-/m0/s1. The number of likely N-dealkylation sites (tertiary alicyclic amines) is 1. The molecular formula is C17H24N2O3. The van der Waals surface area contributed by atoms with Gasteiger partial charge in [0.05, 0.1) is 13.2 Å². The van der Waals surface area contributed by atoms with Crippen LogP contribution < -0.4 is 9.47 Å². The Hall–Kier alpha value is -1.30. The zero-order valence-corrected chi connectivity index (χ0v) is 13.2. The fraction of sp³-hybridized carbons (Fsp3) is 0.647. The van der Waals surface area contributed by atoms with E-state index in [1.54, 1.807) is 0 Å². The molecule has 22 heavy (non-hydrogen) atoms. The van der Waals surface area contributed by atoms with Gasteiger partial charge in [-0.3, -0.25) is 4.90 Å². The summed E-state index contributed by atoms with van der Waals surface area (Å²) in [4.78, 5) is 4.96. The second kappa shape index (κ2) is 5.72. The van der Waals surface area contributed by atoms with Gasteiger partial charge in [0.2, 0.25) is 6.79 Å². The van der Waals surface area contributed by atoms with E-state index in [2.05, 4.69) is 29.0 Å². The molecule has 1 aromatic rings. The third-order valence-corrected chi connectivity index (χ3v) is 4.99. The van der Waals surface area contributed by atoms with Crippen LogP contribution in [-0.2, 0) is 11.3 Å². The first kappa shape index (κ1) is 14.3. The Morgan fingerprint density at radius 3 is 2.91 bits per heavy atom. The van der Waals surface area contributed by atoms with Gasteiger partial charge in [0.1, 0.15) is 0 Å². The third kappa shape index (κ3) is 2.81. The smallest absolute Gasteiger partial charge is 0.231 e. The summed E-state index contributed by atoms with van der Waals surface area (Å²) in [6.45, 7) is 7.46. The summed E-state index contributed by atoms with van der Waals surface area (Å²) in [7, 11) is 2.21. The van der Waals surface area contributed by atoms with Gasteiger partial charge in [-0.1, -0.05) is 6.07 Å². The highest BCUT2D eigenvalue weighted by Crippen LogP contribution is 2.35. The molecule has 0 aromatic heterocycles. The molecule has 0 unspecified atom stereocenters. The van der Waals surface area contributed by atoms with Gasteiger partial charge in [0.25, 0.3) is 0 Å². The minimum atomic E-state index is 0.307.